The van der Waals surface area contributed by atoms with Crippen molar-refractivity contribution in [2.45, 2.75) is 38.3 Å². The summed E-state index contributed by atoms with van der Waals surface area (Å²) in [7, 11) is 0. The Morgan fingerprint density at radius 2 is 1.50 bits per heavy atom. The molecule has 0 radical (unpaired) electrons. The number of amidine groups is 1. The van der Waals surface area contributed by atoms with Crippen molar-refractivity contribution < 1.29 is 9.68 Å². The highest BCUT2D eigenvalue weighted by Gasteiger charge is 2.51. The summed E-state index contributed by atoms with van der Waals surface area (Å²) in [5.41, 5.74) is 4.77. The Kier molecular flexibility index (Phi) is 4.92. The van der Waals surface area contributed by atoms with Gasteiger partial charge in [0, 0.05) is 12.0 Å². The zero-order valence-electron chi connectivity index (χ0n) is 17.6. The topological polar surface area (TPSA) is 26.5 Å². The molecule has 3 aromatic carbocycles. The van der Waals surface area contributed by atoms with E-state index in [1.54, 1.807) is 0 Å². The van der Waals surface area contributed by atoms with Gasteiger partial charge in [-0.05, 0) is 49.4 Å². The van der Waals surface area contributed by atoms with Crippen LogP contribution in [-0.2, 0) is 5.72 Å². The first-order chi connectivity index (χ1) is 14.6. The number of hydrogen-bond donors (Lipinski definition) is 1. The lowest BCUT2D eigenvalue weighted by Gasteiger charge is -2.24. The predicted molar refractivity (Wildman–Crippen MR) is 123 cm³/mol. The average Bonchev–Trinajstić information content (AvgIpc) is 2.94. The normalized spacial score (nSPS) is 21.5. The van der Waals surface area contributed by atoms with Crippen LogP contribution in [-0.4, -0.2) is 28.6 Å². The Morgan fingerprint density at radius 3 is 2.23 bits per heavy atom. The zero-order valence-corrected chi connectivity index (χ0v) is 17.6. The largest absolute Gasteiger partial charge is 0.346 e. The summed E-state index contributed by atoms with van der Waals surface area (Å²) >= 11 is 0. The summed E-state index contributed by atoms with van der Waals surface area (Å²) in [6.45, 7) is 3.58. The van der Waals surface area contributed by atoms with Crippen LogP contribution in [0.3, 0.4) is 0 Å². The van der Waals surface area contributed by atoms with Crippen LogP contribution >= 0.6 is 0 Å². The molecule has 0 spiro atoms. The van der Waals surface area contributed by atoms with Crippen molar-refractivity contribution in [3.63, 3.8) is 0 Å². The van der Waals surface area contributed by atoms with Crippen LogP contribution in [0.5, 0.6) is 0 Å². The molecule has 2 heterocycles. The van der Waals surface area contributed by atoms with E-state index in [1.807, 2.05) is 6.07 Å². The van der Waals surface area contributed by atoms with Crippen molar-refractivity contribution in [3.05, 3.63) is 90.0 Å². The minimum absolute atomic E-state index is 0.566. The first kappa shape index (κ1) is 19.1. The molecule has 0 unspecified atom stereocenters. The van der Waals surface area contributed by atoms with Crippen molar-refractivity contribution in [2.24, 2.45) is 0 Å². The van der Waals surface area contributed by atoms with Gasteiger partial charge in [-0.2, -0.15) is 0 Å². The van der Waals surface area contributed by atoms with Crippen molar-refractivity contribution in [2.75, 3.05) is 18.0 Å². The maximum atomic E-state index is 12.0. The molecule has 3 aromatic rings. The van der Waals surface area contributed by atoms with E-state index < -0.39 is 5.72 Å². The second kappa shape index (κ2) is 7.73. The van der Waals surface area contributed by atoms with E-state index in [9.17, 15) is 5.11 Å². The molecule has 5 rings (SSSR count). The first-order valence-corrected chi connectivity index (χ1v) is 11.0. The number of nitrogens with zero attached hydrogens (tertiary/aromatic N) is 2. The summed E-state index contributed by atoms with van der Waals surface area (Å²) in [4.78, 5) is 2.33. The van der Waals surface area contributed by atoms with Crippen LogP contribution < -0.4 is 4.90 Å². The molecule has 2 aliphatic heterocycles. The molecule has 1 N–H and O–H groups in total. The molecule has 3 nitrogen and oxygen atoms in total. The second-order valence-corrected chi connectivity index (χ2v) is 8.56. The third kappa shape index (κ3) is 3.33. The number of benzene rings is 3. The maximum absolute atomic E-state index is 12.0. The lowest BCUT2D eigenvalue weighted by molar-refractivity contribution is -0.658. The zero-order chi connectivity index (χ0) is 20.6. The maximum Gasteiger partial charge on any atom is 0.271 e. The van der Waals surface area contributed by atoms with Crippen LogP contribution in [0.4, 0.5) is 5.69 Å². The van der Waals surface area contributed by atoms with Crippen LogP contribution in [0.1, 0.15) is 36.8 Å². The highest BCUT2D eigenvalue weighted by atomic mass is 16.3. The summed E-state index contributed by atoms with van der Waals surface area (Å²) in [6.07, 6.45) is 4.52. The van der Waals surface area contributed by atoms with Gasteiger partial charge >= 0.3 is 0 Å². The molecule has 1 atom stereocenters. The van der Waals surface area contributed by atoms with E-state index in [2.05, 4.69) is 89.2 Å². The molecular weight excluding hydrogens is 368 g/mol. The standard InChI is InChI=1S/C27H29N2O/c1-21-11-17-25(18-12-21)28-20-27(30,29-19-7-3-6-10-26(28)29)24-15-13-23(14-16-24)22-8-4-2-5-9-22/h2,4-5,8-9,11-18,30H,3,6-7,10,19-20H2,1H3/q+1/t27-/m0/s1. The lowest BCUT2D eigenvalue weighted by atomic mass is 9.98. The summed E-state index contributed by atoms with van der Waals surface area (Å²) in [5.74, 6) is 1.26. The van der Waals surface area contributed by atoms with E-state index in [4.69, 9.17) is 0 Å². The van der Waals surface area contributed by atoms with Gasteiger partial charge in [0.25, 0.3) is 11.6 Å². The van der Waals surface area contributed by atoms with Gasteiger partial charge in [-0.1, -0.05) is 72.3 Å². The van der Waals surface area contributed by atoms with Gasteiger partial charge in [0.1, 0.15) is 5.69 Å². The average molecular weight is 398 g/mol. The fourth-order valence-electron chi connectivity index (χ4n) is 4.84. The molecule has 2 aliphatic rings. The second-order valence-electron chi connectivity index (χ2n) is 8.56. The van der Waals surface area contributed by atoms with E-state index in [0.29, 0.717) is 6.54 Å². The summed E-state index contributed by atoms with van der Waals surface area (Å²) in [6, 6.07) is 27.5. The molecule has 152 valence electrons. The number of anilines is 1. The van der Waals surface area contributed by atoms with Crippen LogP contribution in [0, 0.1) is 6.92 Å². The number of aliphatic hydroxyl groups is 1. The van der Waals surface area contributed by atoms with Gasteiger partial charge in [0.2, 0.25) is 0 Å². The van der Waals surface area contributed by atoms with E-state index in [0.717, 1.165) is 24.9 Å². The summed E-state index contributed by atoms with van der Waals surface area (Å²) < 4.78 is 2.26. The van der Waals surface area contributed by atoms with E-state index in [-0.39, 0.29) is 0 Å². The molecule has 30 heavy (non-hydrogen) atoms. The molecule has 0 saturated carbocycles. The van der Waals surface area contributed by atoms with Gasteiger partial charge < -0.3 is 5.11 Å². The fourth-order valence-corrected chi connectivity index (χ4v) is 4.84. The monoisotopic (exact) mass is 397 g/mol. The quantitative estimate of drug-likeness (QED) is 0.606. The number of rotatable bonds is 3. The van der Waals surface area contributed by atoms with Gasteiger partial charge in [0.15, 0.2) is 6.54 Å². The number of β-amino-alcohol motifs (C(OH)–C–C–N with tert-alkyl or cyclic N) is 1. The molecule has 0 bridgehead atoms. The SMILES string of the molecule is Cc1ccc(N2C[C@](O)(c3ccc(-c4ccccc4)cc3)[N+]3=C2CCCCC3)cc1. The lowest BCUT2D eigenvalue weighted by Crippen LogP contribution is -2.41. The Hall–Kier alpha value is -2.91. The van der Waals surface area contributed by atoms with Gasteiger partial charge in [0.05, 0.1) is 6.54 Å². The molecule has 0 saturated heterocycles. The van der Waals surface area contributed by atoms with Crippen molar-refractivity contribution in [1.82, 2.24) is 0 Å². The molecule has 0 aliphatic carbocycles. The Labute approximate surface area is 178 Å². The van der Waals surface area contributed by atoms with Gasteiger partial charge in [-0.15, -0.1) is 0 Å². The molecule has 3 heteroatoms. The highest BCUT2D eigenvalue weighted by Crippen LogP contribution is 2.36. The molecular formula is C27H29N2O+. The van der Waals surface area contributed by atoms with E-state index >= 15 is 0 Å². The van der Waals surface area contributed by atoms with E-state index in [1.165, 1.54) is 41.1 Å². The van der Waals surface area contributed by atoms with Gasteiger partial charge in [-0.25, -0.2) is 9.48 Å². The predicted octanol–water partition coefficient (Wildman–Crippen LogP) is 5.31. The van der Waals surface area contributed by atoms with Crippen LogP contribution in [0.2, 0.25) is 0 Å². The molecule has 0 fully saturated rings. The number of aryl methyl sites for hydroxylation is 1. The Balaban J connectivity index is 1.53. The minimum Gasteiger partial charge on any atom is -0.346 e. The van der Waals surface area contributed by atoms with Gasteiger partial charge in [-0.3, -0.25) is 0 Å². The van der Waals surface area contributed by atoms with Crippen molar-refractivity contribution in [3.8, 4) is 11.1 Å². The van der Waals surface area contributed by atoms with Crippen molar-refractivity contribution >= 4 is 11.5 Å². The summed E-state index contributed by atoms with van der Waals surface area (Å²) in [5, 5.41) is 12.0. The third-order valence-corrected chi connectivity index (χ3v) is 6.53. The Morgan fingerprint density at radius 1 is 0.800 bits per heavy atom. The number of hydrogen-bond acceptors (Lipinski definition) is 2. The smallest absolute Gasteiger partial charge is 0.271 e. The molecule has 0 amide bonds. The third-order valence-electron chi connectivity index (χ3n) is 6.53. The minimum atomic E-state index is -1.00. The fraction of sp³-hybridized carbons (Fsp3) is 0.296. The van der Waals surface area contributed by atoms with Crippen LogP contribution in [0.15, 0.2) is 78.9 Å². The Bertz CT molecular complexity index is 1050. The first-order valence-electron chi connectivity index (χ1n) is 11.0. The molecule has 0 aromatic heterocycles. The van der Waals surface area contributed by atoms with Crippen LogP contribution in [0.25, 0.3) is 11.1 Å². The van der Waals surface area contributed by atoms with Crippen molar-refractivity contribution in [1.29, 1.82) is 0 Å². The highest BCUT2D eigenvalue weighted by molar-refractivity contribution is 5.95.